The van der Waals surface area contributed by atoms with Crippen molar-refractivity contribution in [3.8, 4) is 74.7 Å². The Morgan fingerprint density at radius 3 is 0.638 bits per heavy atom. The number of aromatic hydroxyl groups is 5. The van der Waals surface area contributed by atoms with Gasteiger partial charge >= 0.3 is 0 Å². The molecule has 0 heterocycles. The van der Waals surface area contributed by atoms with Crippen LogP contribution in [0, 0.1) is 63.4 Å². The van der Waals surface area contributed by atoms with Crippen molar-refractivity contribution in [3.05, 3.63) is 379 Å². The number of carbonyl (C=O) groups is 5. The topological polar surface area (TPSA) is 284 Å². The van der Waals surface area contributed by atoms with Gasteiger partial charge in [0.2, 0.25) is 0 Å². The zero-order valence-electron chi connectivity index (χ0n) is 67.7. The molecular weight excluding hydrogens is 2870 g/mol. The maximum absolute atomic E-state index is 12.5. The average Bonchev–Trinajstić information content (AvgIpc) is 0.813. The van der Waals surface area contributed by atoms with Gasteiger partial charge in [-0.2, -0.15) is 0 Å². The molecule has 0 saturated carbocycles. The number of amides is 5. The van der Waals surface area contributed by atoms with Crippen molar-refractivity contribution in [2.24, 2.45) is 0 Å². The molecule has 0 fully saturated rings. The molecule has 0 radical (unpaired) electrons. The molecule has 0 aliphatic heterocycles. The van der Waals surface area contributed by atoms with Crippen molar-refractivity contribution >= 4 is 341 Å². The van der Waals surface area contributed by atoms with Gasteiger partial charge in [-0.15, -0.1) is 0 Å². The van der Waals surface area contributed by atoms with Gasteiger partial charge < -0.3 is 71.1 Å². The number of hydrogen-bond donors (Lipinski definition) is 10. The van der Waals surface area contributed by atoms with Crippen LogP contribution in [0.5, 0.6) is 74.7 Å². The second-order valence-electron chi connectivity index (χ2n) is 28.0. The Labute approximate surface area is 904 Å². The van der Waals surface area contributed by atoms with Crippen molar-refractivity contribution in [2.75, 3.05) is 26.6 Å². The number of ether oxygens (including phenoxy) is 4. The van der Waals surface area contributed by atoms with Crippen LogP contribution in [-0.4, -0.2) is 55.1 Å². The minimum Gasteiger partial charge on any atom is -0.506 e. The van der Waals surface area contributed by atoms with E-state index >= 15 is 0 Å². The molecule has 10 N–H and O–H groups in total. The summed E-state index contributed by atoms with van der Waals surface area (Å²) in [5, 5.41) is 68.1. The zero-order chi connectivity index (χ0) is 93.9. The van der Waals surface area contributed by atoms with E-state index in [9.17, 15) is 49.5 Å². The van der Waals surface area contributed by atoms with Gasteiger partial charge in [-0.05, 0) is 458 Å². The van der Waals surface area contributed by atoms with E-state index in [1.807, 2.05) is 286 Å². The van der Waals surface area contributed by atoms with Gasteiger partial charge in [-0.25, -0.2) is 0 Å². The molecule has 0 aliphatic rings. The van der Waals surface area contributed by atoms with Crippen LogP contribution >= 0.6 is 272 Å². The standard InChI is InChI=1S/4C20H14ClI2NO3.C17H11I2NO2/c4*1-11-2-5-14(6-3-11)27-18-7-4-13(10-16(18)21)24-20(26)15-8-12(22)9-17(23)19(15)25;18-12-8-14(16(21)15(19)9-12)17(22)20-13-6-5-10-3-1-2-4-11(10)7-13/h4*2-10,25H,1H3,(H,24,26);1-9,21H,(H,20,22). The lowest BCUT2D eigenvalue weighted by Gasteiger charge is -2.11. The van der Waals surface area contributed by atoms with Crippen LogP contribution in [0.25, 0.3) is 10.8 Å². The maximum Gasteiger partial charge on any atom is 0.259 e. The van der Waals surface area contributed by atoms with Crippen molar-refractivity contribution in [2.45, 2.75) is 27.7 Å². The molecular formula is C97H67Cl4I10N5O14. The van der Waals surface area contributed by atoms with Gasteiger partial charge in [0.15, 0.2) is 0 Å². The number of anilines is 5. The molecule has 0 aliphatic carbocycles. The van der Waals surface area contributed by atoms with E-state index < -0.39 is 23.6 Å². The monoisotopic (exact) mass is 2930 g/mol. The third-order valence-corrected chi connectivity index (χ3v) is 26.5. The van der Waals surface area contributed by atoms with Crippen molar-refractivity contribution < 1.29 is 68.5 Å². The van der Waals surface area contributed by atoms with Crippen LogP contribution < -0.4 is 45.5 Å². The van der Waals surface area contributed by atoms with Crippen molar-refractivity contribution in [1.29, 1.82) is 0 Å². The molecule has 0 spiro atoms. The molecule has 0 saturated heterocycles. The number of phenolic OH excluding ortho intramolecular Hbond substituents is 5. The molecule has 19 nitrogen and oxygen atoms in total. The minimum absolute atomic E-state index is 0.0132. The molecule has 15 aromatic rings. The van der Waals surface area contributed by atoms with E-state index in [-0.39, 0.29) is 62.5 Å². The Hall–Kier alpha value is -7.43. The molecule has 0 bridgehead atoms. The first-order chi connectivity index (χ1) is 61.9. The maximum atomic E-state index is 12.5. The van der Waals surface area contributed by atoms with E-state index in [0.29, 0.717) is 112 Å². The third-order valence-electron chi connectivity index (χ3n) is 18.1. The van der Waals surface area contributed by atoms with E-state index in [1.54, 1.807) is 127 Å². The summed E-state index contributed by atoms with van der Waals surface area (Å²) in [6.45, 7) is 8.00. The highest BCUT2D eigenvalue weighted by Gasteiger charge is 2.23. The Balaban J connectivity index is 0.000000157. The van der Waals surface area contributed by atoms with Crippen LogP contribution in [0.2, 0.25) is 20.1 Å². The number of hydrogen-bond acceptors (Lipinski definition) is 14. The highest BCUT2D eigenvalue weighted by Crippen LogP contribution is 2.40. The predicted molar refractivity (Wildman–Crippen MR) is 602 cm³/mol. The molecule has 5 amide bonds. The second-order valence-corrected chi connectivity index (χ2v) is 41.7. The number of halogens is 14. The number of aryl methyl sites for hydroxylation is 4. The summed E-state index contributed by atoms with van der Waals surface area (Å²) in [5.74, 6) is 2.56. The normalized spacial score (nSPS) is 10.5. The lowest BCUT2D eigenvalue weighted by Crippen LogP contribution is -2.12. The Bertz CT molecular complexity index is 6120. The molecule has 662 valence electrons. The fourth-order valence-corrected chi connectivity index (χ4v) is 21.6. The highest BCUT2D eigenvalue weighted by atomic mass is 127. The van der Waals surface area contributed by atoms with Crippen LogP contribution in [0.3, 0.4) is 0 Å². The number of phenols is 5. The van der Waals surface area contributed by atoms with Gasteiger partial charge in [0.05, 0.1) is 65.8 Å². The summed E-state index contributed by atoms with van der Waals surface area (Å²) in [6.07, 6.45) is 0. The minimum atomic E-state index is -0.410. The summed E-state index contributed by atoms with van der Waals surface area (Å²) in [6, 6.07) is 81.4. The fraction of sp³-hybridized carbons (Fsp3) is 0.0412. The molecule has 0 atom stereocenters. The lowest BCUT2D eigenvalue weighted by atomic mass is 10.1. The molecule has 15 aromatic carbocycles. The molecule has 33 heteroatoms. The molecule has 15 rings (SSSR count). The summed E-state index contributed by atoms with van der Waals surface area (Å²) < 4.78 is 30.6. The number of fused-ring (bicyclic) bond motifs is 1. The van der Waals surface area contributed by atoms with Crippen LogP contribution in [-0.2, 0) is 0 Å². The van der Waals surface area contributed by atoms with Crippen LogP contribution in [0.15, 0.2) is 273 Å². The van der Waals surface area contributed by atoms with Gasteiger partial charge in [0, 0.05) is 46.3 Å². The Morgan fingerprint density at radius 2 is 0.431 bits per heavy atom. The smallest absolute Gasteiger partial charge is 0.259 e. The SMILES string of the molecule is Cc1ccc(Oc2ccc(NC(=O)c3cc(I)cc(I)c3O)cc2Cl)cc1.Cc1ccc(Oc2ccc(NC(=O)c3cc(I)cc(I)c3O)cc2Cl)cc1.Cc1ccc(Oc2ccc(NC(=O)c3cc(I)cc(I)c3O)cc2Cl)cc1.Cc1ccc(Oc2ccc(NC(=O)c3cc(I)cc(I)c3O)cc2Cl)cc1.O=C(Nc1ccc2ccccc2c1)c1cc(I)cc(I)c1O. The lowest BCUT2D eigenvalue weighted by molar-refractivity contribution is 0.101. The summed E-state index contributed by atoms with van der Waals surface area (Å²) in [4.78, 5) is 62.4. The third kappa shape index (κ3) is 29.8. The Morgan fingerprint density at radius 1 is 0.238 bits per heavy atom. The largest absolute Gasteiger partial charge is 0.506 e. The van der Waals surface area contributed by atoms with E-state index in [1.165, 1.54) is 0 Å². The fourth-order valence-electron chi connectivity index (χ4n) is 11.5. The van der Waals surface area contributed by atoms with E-state index in [4.69, 9.17) is 65.4 Å². The number of carbonyl (C=O) groups excluding carboxylic acids is 5. The highest BCUT2D eigenvalue weighted by molar-refractivity contribution is 14.1. The Kier molecular flexibility index (Phi) is 38.6. The van der Waals surface area contributed by atoms with Crippen LogP contribution in [0.4, 0.5) is 28.4 Å². The van der Waals surface area contributed by atoms with Crippen LogP contribution in [0.1, 0.15) is 74.0 Å². The average molecular weight is 2940 g/mol. The number of benzene rings is 15. The second kappa shape index (κ2) is 48.7. The summed E-state index contributed by atoms with van der Waals surface area (Å²) in [5.41, 5.74) is 8.42. The van der Waals surface area contributed by atoms with Gasteiger partial charge in [0.1, 0.15) is 74.7 Å². The summed E-state index contributed by atoms with van der Waals surface area (Å²) in [7, 11) is 0. The molecule has 0 aromatic heterocycles. The number of nitrogens with one attached hydrogen (secondary N) is 5. The van der Waals surface area contributed by atoms with Gasteiger partial charge in [-0.3, -0.25) is 24.0 Å². The summed E-state index contributed by atoms with van der Waals surface area (Å²) >= 11 is 45.7. The predicted octanol–water partition coefficient (Wildman–Crippen LogP) is 31.4. The van der Waals surface area contributed by atoms with Gasteiger partial charge in [-0.1, -0.05) is 148 Å². The molecule has 0 unspecified atom stereocenters. The first-order valence-corrected chi connectivity index (χ1v) is 50.3. The van der Waals surface area contributed by atoms with Gasteiger partial charge in [0.25, 0.3) is 29.5 Å². The van der Waals surface area contributed by atoms with Crippen molar-refractivity contribution in [1.82, 2.24) is 0 Å². The van der Waals surface area contributed by atoms with E-state index in [0.717, 1.165) is 50.9 Å². The first-order valence-electron chi connectivity index (χ1n) is 38.0. The first kappa shape index (κ1) is 103. The zero-order valence-corrected chi connectivity index (χ0v) is 92.3. The molecule has 130 heavy (non-hydrogen) atoms. The van der Waals surface area contributed by atoms with E-state index in [2.05, 4.69) is 140 Å². The number of rotatable bonds is 18. The van der Waals surface area contributed by atoms with Crippen molar-refractivity contribution in [3.63, 3.8) is 0 Å². The quantitative estimate of drug-likeness (QED) is 0.0358.